The zero-order valence-corrected chi connectivity index (χ0v) is 14.8. The molecule has 2 N–H and O–H groups in total. The molecule has 0 aliphatic carbocycles. The van der Waals surface area contributed by atoms with Crippen molar-refractivity contribution in [1.29, 1.82) is 0 Å². The third-order valence-corrected chi connectivity index (χ3v) is 2.65. The minimum absolute atomic E-state index is 0.0996. The molecule has 1 saturated heterocycles. The molecular weight excluding hydrogens is 461 g/mol. The number of hydrogen-bond acceptors (Lipinski definition) is 4. The van der Waals surface area contributed by atoms with Crippen molar-refractivity contribution < 1.29 is 19.7 Å². The second-order valence-electron chi connectivity index (χ2n) is 3.84. The van der Waals surface area contributed by atoms with Crippen molar-refractivity contribution in [2.24, 2.45) is 0 Å². The van der Waals surface area contributed by atoms with Crippen molar-refractivity contribution in [3.05, 3.63) is 0 Å². The Bertz CT molecular complexity index is 175. The van der Waals surface area contributed by atoms with E-state index < -0.39 is 6.29 Å². The summed E-state index contributed by atoms with van der Waals surface area (Å²) in [7, 11) is 6.59. The van der Waals surface area contributed by atoms with Gasteiger partial charge in [0.2, 0.25) is 0 Å². The van der Waals surface area contributed by atoms with Gasteiger partial charge in [-0.15, -0.1) is 0 Å². The van der Waals surface area contributed by atoms with Crippen LogP contribution in [0.3, 0.4) is 0 Å². The predicted octanol–water partition coefficient (Wildman–Crippen LogP) is 0.700. The van der Waals surface area contributed by atoms with Crippen LogP contribution < -0.4 is 0 Å². The topological polar surface area (TPSA) is 46.9 Å². The fraction of sp³-hybridized carbons (Fsp3) is 1.00. The van der Waals surface area contributed by atoms with E-state index in [0.29, 0.717) is 15.5 Å². The van der Waals surface area contributed by atoms with Crippen molar-refractivity contribution in [2.45, 2.75) is 24.8 Å². The van der Waals surface area contributed by atoms with Crippen LogP contribution in [-0.2, 0) is 9.47 Å². The fourth-order valence-electron chi connectivity index (χ4n) is 1.72. The summed E-state index contributed by atoms with van der Waals surface area (Å²) in [5.41, 5.74) is 0. The van der Waals surface area contributed by atoms with Crippen LogP contribution in [0.2, 0.25) is 0 Å². The number of likely N-dealkylation sites (N-methyl/N-ethyl adjacent to an activating group) is 2. The summed E-state index contributed by atoms with van der Waals surface area (Å²) in [4.78, 5) is 4.12. The number of hydrogen-bond donors (Lipinski definition) is 2. The Morgan fingerprint density at radius 3 is 2.07 bits per heavy atom. The molecule has 1 heterocycles. The second kappa shape index (κ2) is 8.90. The Morgan fingerprint density at radius 1 is 1.40 bits per heavy atom. The van der Waals surface area contributed by atoms with Crippen molar-refractivity contribution in [1.82, 2.24) is 9.80 Å². The third kappa shape index (κ3) is 6.39. The van der Waals surface area contributed by atoms with Crippen LogP contribution in [0.5, 0.6) is 0 Å². The number of likely N-dealkylation sites (tertiary alicyclic amines) is 1. The Hall–Kier alpha value is 1.88. The molecule has 0 bridgehead atoms. The first-order valence-corrected chi connectivity index (χ1v) is 13.6. The Labute approximate surface area is 121 Å². The van der Waals surface area contributed by atoms with Gasteiger partial charge in [-0.05, 0) is 27.6 Å². The summed E-state index contributed by atoms with van der Waals surface area (Å²) in [5.74, 6) is 0. The molecule has 7 heteroatoms. The monoisotopic (exact) mass is 479 g/mol. The van der Waals surface area contributed by atoms with Crippen molar-refractivity contribution in [2.75, 3.05) is 27.7 Å². The van der Waals surface area contributed by atoms with E-state index in [1.807, 2.05) is 26.0 Å². The van der Waals surface area contributed by atoms with Crippen molar-refractivity contribution in [3.8, 4) is 0 Å². The molecule has 2 unspecified atom stereocenters. The van der Waals surface area contributed by atoms with Gasteiger partial charge < -0.3 is 15.1 Å². The molecule has 4 nitrogen and oxygen atoms in total. The number of halogens is 2. The summed E-state index contributed by atoms with van der Waals surface area (Å²) < 4.78 is 0. The average Bonchev–Trinajstić information content (AvgIpc) is 2.48. The summed E-state index contributed by atoms with van der Waals surface area (Å²) in [6.07, 6.45) is -0.374. The summed E-state index contributed by atoms with van der Waals surface area (Å²) in [5, 5.41) is 18.0. The van der Waals surface area contributed by atoms with Gasteiger partial charge >= 0.3 is 49.4 Å². The van der Waals surface area contributed by atoms with Crippen LogP contribution in [0.15, 0.2) is 0 Å². The zero-order valence-electron chi connectivity index (χ0n) is 9.14. The van der Waals surface area contributed by atoms with Gasteiger partial charge in [-0.3, -0.25) is 4.90 Å². The SMILES string of the molecule is CN(C)C1CC(C(O)O)N(C)C1.[I][V][I]. The van der Waals surface area contributed by atoms with E-state index in [4.69, 9.17) is 10.2 Å². The molecule has 15 heavy (non-hydrogen) atoms. The maximum absolute atomic E-state index is 9.02. The molecule has 0 aromatic rings. The third-order valence-electron chi connectivity index (χ3n) is 2.65. The van der Waals surface area contributed by atoms with E-state index in [9.17, 15) is 0 Å². The molecular formula is C8H18I2N2O2V. The van der Waals surface area contributed by atoms with Gasteiger partial charge in [0.15, 0.2) is 6.29 Å². The minimum atomic E-state index is -1.21. The molecule has 1 rings (SSSR count). The molecule has 0 spiro atoms. The van der Waals surface area contributed by atoms with E-state index in [0.717, 1.165) is 13.0 Å². The number of rotatable bonds is 2. The molecule has 0 radical (unpaired) electrons. The van der Waals surface area contributed by atoms with Crippen LogP contribution in [0.4, 0.5) is 0 Å². The van der Waals surface area contributed by atoms with Gasteiger partial charge in [-0.25, -0.2) is 0 Å². The Morgan fingerprint density at radius 2 is 1.87 bits per heavy atom. The first kappa shape index (κ1) is 16.9. The molecule has 0 aromatic heterocycles. The number of nitrogens with zero attached hydrogens (tertiary/aromatic N) is 2. The molecule has 0 aromatic carbocycles. The molecule has 0 amide bonds. The standard InChI is InChI=1S/C8H18N2O2.2HI.V/c1-9(2)6-4-7(8(11)12)10(3)5-6;;;/h6-8,11-12H,4-5H2,1-3H3;2*1H;/q;;;+2/p-2. The predicted molar refractivity (Wildman–Crippen MR) is 74.8 cm³/mol. The normalized spacial score (nSPS) is 26.7. The van der Waals surface area contributed by atoms with Gasteiger partial charge in [0.1, 0.15) is 0 Å². The molecule has 1 fully saturated rings. The molecule has 1 aliphatic rings. The summed E-state index contributed by atoms with van der Waals surface area (Å²) in [6, 6.07) is 0.346. The van der Waals surface area contributed by atoms with Gasteiger partial charge in [-0.1, -0.05) is 0 Å². The molecule has 0 saturated carbocycles. The zero-order chi connectivity index (χ0) is 12.0. The average molecular weight is 479 g/mol. The quantitative estimate of drug-likeness (QED) is 0.453. The van der Waals surface area contributed by atoms with Gasteiger partial charge in [0.25, 0.3) is 0 Å². The van der Waals surface area contributed by atoms with E-state index in [1.165, 1.54) is 0 Å². The first-order chi connectivity index (χ1) is 6.93. The van der Waals surface area contributed by atoms with Crippen LogP contribution >= 0.6 is 40.0 Å². The van der Waals surface area contributed by atoms with Crippen LogP contribution in [0.25, 0.3) is 0 Å². The maximum atomic E-state index is 9.02. The van der Waals surface area contributed by atoms with Crippen LogP contribution in [-0.4, -0.2) is 66.1 Å². The van der Waals surface area contributed by atoms with Gasteiger partial charge in [-0.2, -0.15) is 0 Å². The van der Waals surface area contributed by atoms with Crippen molar-refractivity contribution in [3.63, 3.8) is 0 Å². The van der Waals surface area contributed by atoms with E-state index in [-0.39, 0.29) is 6.04 Å². The van der Waals surface area contributed by atoms with Gasteiger partial charge in [0, 0.05) is 12.6 Å². The van der Waals surface area contributed by atoms with E-state index in [2.05, 4.69) is 44.9 Å². The van der Waals surface area contributed by atoms with E-state index in [1.54, 1.807) is 0 Å². The summed E-state index contributed by atoms with van der Waals surface area (Å²) >= 11 is 4.74. The van der Waals surface area contributed by atoms with Crippen LogP contribution in [0, 0.1) is 0 Å². The summed E-state index contributed by atoms with van der Waals surface area (Å²) in [6.45, 7) is 0.912. The van der Waals surface area contributed by atoms with Crippen molar-refractivity contribution >= 4 is 40.0 Å². The molecule has 91 valence electrons. The molecule has 2 atom stereocenters. The van der Waals surface area contributed by atoms with Crippen LogP contribution in [0.1, 0.15) is 6.42 Å². The number of aliphatic hydroxyl groups is 2. The fourth-order valence-corrected chi connectivity index (χ4v) is 1.72. The first-order valence-electron chi connectivity index (χ1n) is 4.59. The second-order valence-corrected chi connectivity index (χ2v) is 15.6. The number of aliphatic hydroxyl groups excluding tert-OH is 1. The van der Waals surface area contributed by atoms with E-state index >= 15 is 0 Å². The Balaban J connectivity index is 0.000000583. The molecule has 1 aliphatic heterocycles. The van der Waals surface area contributed by atoms with Gasteiger partial charge in [0.05, 0.1) is 6.04 Å². The Kier molecular flexibility index (Phi) is 10.0.